The Hall–Kier alpha value is -3.23. The van der Waals surface area contributed by atoms with Gasteiger partial charge < -0.3 is 15.4 Å². The van der Waals surface area contributed by atoms with Gasteiger partial charge in [0.05, 0.1) is 52.3 Å². The average Bonchev–Trinajstić information content (AvgIpc) is 3.30. The van der Waals surface area contributed by atoms with Gasteiger partial charge in [-0.15, -0.1) is 5.10 Å². The molecule has 2 amide bonds. The fourth-order valence-electron chi connectivity index (χ4n) is 3.53. The van der Waals surface area contributed by atoms with Crippen molar-refractivity contribution >= 4 is 40.2 Å². The molecule has 1 fully saturated rings. The highest BCUT2D eigenvalue weighted by Gasteiger charge is 2.36. The first-order valence-electron chi connectivity index (χ1n) is 9.86. The zero-order valence-electron chi connectivity index (χ0n) is 17.4. The molecule has 3 heterocycles. The minimum Gasteiger partial charge on any atom is -0.425 e. The summed E-state index contributed by atoms with van der Waals surface area (Å²) in [5.74, 6) is -3.90. The number of nitrogens with one attached hydrogen (secondary N) is 2. The molecule has 13 heteroatoms. The van der Waals surface area contributed by atoms with Gasteiger partial charge in [0, 0.05) is 36.2 Å². The summed E-state index contributed by atoms with van der Waals surface area (Å²) >= 11 is 0.754. The molecule has 0 unspecified atom stereocenters. The Bertz CT molecular complexity index is 1260. The lowest BCUT2D eigenvalue weighted by Gasteiger charge is -2.13. The SMILES string of the molecule is C[C@H]1C(=O)NC[C@@H]1C(=O)Nc1cc(-c2cc(F)cc(OC(F)(F)I)c2)n(-c2cncc(F)c2)n1. The molecule has 1 aromatic carbocycles. The molecule has 1 aliphatic heterocycles. The third-order valence-corrected chi connectivity index (χ3v) is 5.37. The summed E-state index contributed by atoms with van der Waals surface area (Å²) in [4.78, 5) is 28.2. The molecule has 0 bridgehead atoms. The second kappa shape index (κ2) is 9.19. The smallest absolute Gasteiger partial charge is 0.425 e. The first-order valence-corrected chi connectivity index (χ1v) is 10.9. The van der Waals surface area contributed by atoms with Crippen LogP contribution in [-0.2, 0) is 9.59 Å². The Morgan fingerprint density at radius 3 is 2.62 bits per heavy atom. The molecular weight excluding hydrogens is 573 g/mol. The number of pyridine rings is 1. The van der Waals surface area contributed by atoms with E-state index in [0.29, 0.717) is 0 Å². The monoisotopic (exact) mass is 589 g/mol. The van der Waals surface area contributed by atoms with Gasteiger partial charge in [-0.05, 0) is 12.1 Å². The number of rotatable bonds is 6. The van der Waals surface area contributed by atoms with Crippen LogP contribution in [0.3, 0.4) is 0 Å². The van der Waals surface area contributed by atoms with E-state index in [9.17, 15) is 27.2 Å². The van der Waals surface area contributed by atoms with Crippen molar-refractivity contribution in [2.24, 2.45) is 11.8 Å². The van der Waals surface area contributed by atoms with Crippen molar-refractivity contribution in [3.05, 3.63) is 54.4 Å². The summed E-state index contributed by atoms with van der Waals surface area (Å²) in [5.41, 5.74) is 0.337. The number of anilines is 1. The Balaban J connectivity index is 1.75. The largest absolute Gasteiger partial charge is 0.451 e. The quantitative estimate of drug-likeness (QED) is 0.259. The molecule has 0 aliphatic carbocycles. The average molecular weight is 589 g/mol. The van der Waals surface area contributed by atoms with Crippen molar-refractivity contribution in [2.75, 3.05) is 11.9 Å². The van der Waals surface area contributed by atoms with Crippen LogP contribution in [0.5, 0.6) is 5.75 Å². The van der Waals surface area contributed by atoms with Crippen molar-refractivity contribution in [1.82, 2.24) is 20.1 Å². The van der Waals surface area contributed by atoms with Crippen molar-refractivity contribution in [3.8, 4) is 22.7 Å². The van der Waals surface area contributed by atoms with E-state index < -0.39 is 39.2 Å². The van der Waals surface area contributed by atoms with Crippen LogP contribution in [0.25, 0.3) is 16.9 Å². The molecule has 2 N–H and O–H groups in total. The third kappa shape index (κ3) is 5.29. The zero-order chi connectivity index (χ0) is 24.6. The van der Waals surface area contributed by atoms with E-state index in [1.807, 2.05) is 0 Å². The number of carbonyl (C=O) groups is 2. The molecule has 4 rings (SSSR count). The summed E-state index contributed by atoms with van der Waals surface area (Å²) in [6, 6.07) is 5.45. The second-order valence-electron chi connectivity index (χ2n) is 7.54. The minimum absolute atomic E-state index is 0.0155. The second-order valence-corrected chi connectivity index (χ2v) is 8.80. The molecule has 178 valence electrons. The predicted octanol–water partition coefficient (Wildman–Crippen LogP) is 3.90. The molecule has 0 spiro atoms. The number of halogens is 5. The van der Waals surface area contributed by atoms with Crippen molar-refractivity contribution < 1.29 is 31.9 Å². The lowest BCUT2D eigenvalue weighted by atomic mass is 9.97. The fraction of sp³-hybridized carbons (Fsp3) is 0.238. The Morgan fingerprint density at radius 2 is 1.97 bits per heavy atom. The summed E-state index contributed by atoms with van der Waals surface area (Å²) in [6.07, 6.45) is 2.25. The highest BCUT2D eigenvalue weighted by Crippen LogP contribution is 2.33. The summed E-state index contributed by atoms with van der Waals surface area (Å²) in [5, 5.41) is 9.44. The van der Waals surface area contributed by atoms with Crippen LogP contribution in [-0.4, -0.2) is 37.2 Å². The fourth-order valence-corrected chi connectivity index (χ4v) is 3.79. The topological polar surface area (TPSA) is 98.1 Å². The molecule has 34 heavy (non-hydrogen) atoms. The van der Waals surface area contributed by atoms with E-state index in [2.05, 4.69) is 25.5 Å². The van der Waals surface area contributed by atoms with Crippen LogP contribution in [0.1, 0.15) is 6.92 Å². The first-order chi connectivity index (χ1) is 16.0. The number of carbonyl (C=O) groups excluding carboxylic acids is 2. The number of nitrogens with zero attached hydrogens (tertiary/aromatic N) is 3. The van der Waals surface area contributed by atoms with Crippen molar-refractivity contribution in [3.63, 3.8) is 0 Å². The number of ether oxygens (including phenoxy) is 1. The number of hydrogen-bond acceptors (Lipinski definition) is 5. The molecule has 8 nitrogen and oxygen atoms in total. The number of amides is 2. The normalized spacial score (nSPS) is 18.0. The lowest BCUT2D eigenvalue weighted by molar-refractivity contribution is -0.126. The number of aromatic nitrogens is 3. The van der Waals surface area contributed by atoms with Gasteiger partial charge in [-0.3, -0.25) is 14.6 Å². The third-order valence-electron chi connectivity index (χ3n) is 5.15. The maximum atomic E-state index is 14.2. The Kier molecular flexibility index (Phi) is 6.47. The lowest BCUT2D eigenvalue weighted by Crippen LogP contribution is -2.28. The maximum Gasteiger partial charge on any atom is 0.451 e. The Morgan fingerprint density at radius 1 is 1.21 bits per heavy atom. The van der Waals surface area contributed by atoms with Crippen LogP contribution >= 0.6 is 22.6 Å². The van der Waals surface area contributed by atoms with Crippen LogP contribution < -0.4 is 15.4 Å². The van der Waals surface area contributed by atoms with Crippen LogP contribution in [0, 0.1) is 23.5 Å². The molecule has 2 atom stereocenters. The van der Waals surface area contributed by atoms with Crippen molar-refractivity contribution in [2.45, 2.75) is 11.0 Å². The van der Waals surface area contributed by atoms with Gasteiger partial charge >= 0.3 is 4.12 Å². The molecule has 0 saturated carbocycles. The van der Waals surface area contributed by atoms with Crippen LogP contribution in [0.2, 0.25) is 0 Å². The van der Waals surface area contributed by atoms with E-state index in [4.69, 9.17) is 0 Å². The maximum absolute atomic E-state index is 14.2. The van der Waals surface area contributed by atoms with Crippen molar-refractivity contribution in [1.29, 1.82) is 0 Å². The van der Waals surface area contributed by atoms with Gasteiger partial charge in [-0.1, -0.05) is 6.92 Å². The molecule has 1 saturated heterocycles. The van der Waals surface area contributed by atoms with E-state index in [-0.39, 0.29) is 35.2 Å². The van der Waals surface area contributed by atoms with Crippen LogP contribution in [0.15, 0.2) is 42.7 Å². The highest BCUT2D eigenvalue weighted by molar-refractivity contribution is 14.1. The number of benzene rings is 1. The molecule has 2 aromatic heterocycles. The number of hydrogen-bond donors (Lipinski definition) is 2. The van der Waals surface area contributed by atoms with Gasteiger partial charge in [-0.2, -0.15) is 8.78 Å². The molecule has 1 aliphatic rings. The zero-order valence-corrected chi connectivity index (χ0v) is 19.5. The van der Waals surface area contributed by atoms with E-state index in [1.54, 1.807) is 6.92 Å². The summed E-state index contributed by atoms with van der Waals surface area (Å²) < 4.78 is 56.8. The Labute approximate surface area is 203 Å². The molecular formula is C21H16F4IN5O3. The van der Waals surface area contributed by atoms with Crippen LogP contribution in [0.4, 0.5) is 23.4 Å². The minimum atomic E-state index is -3.59. The predicted molar refractivity (Wildman–Crippen MR) is 121 cm³/mol. The van der Waals surface area contributed by atoms with Gasteiger partial charge in [-0.25, -0.2) is 13.5 Å². The van der Waals surface area contributed by atoms with Gasteiger partial charge in [0.15, 0.2) is 5.82 Å². The summed E-state index contributed by atoms with van der Waals surface area (Å²) in [7, 11) is 0. The van der Waals surface area contributed by atoms with Gasteiger partial charge in [0.25, 0.3) is 0 Å². The highest BCUT2D eigenvalue weighted by atomic mass is 127. The first kappa shape index (κ1) is 23.9. The molecule has 3 aromatic rings. The molecule has 0 radical (unpaired) electrons. The summed E-state index contributed by atoms with van der Waals surface area (Å²) in [6.45, 7) is 1.77. The standard InChI is InChI=1S/C21H16F4IN5O3/c1-10-16(9-28-19(10)32)20(33)29-18-6-17(31(30-18)14-4-13(23)7-27-8-14)11-2-12(22)5-15(3-11)34-21(24,25)26/h2-8,10,16H,9H2,1H3,(H,28,32)(H,29,30,33)/t10-,16+/m1/s1. The van der Waals surface area contributed by atoms with E-state index in [1.165, 1.54) is 16.9 Å². The van der Waals surface area contributed by atoms with Gasteiger partial charge in [0.2, 0.25) is 11.8 Å². The number of alkyl halides is 3. The van der Waals surface area contributed by atoms with Gasteiger partial charge in [0.1, 0.15) is 17.4 Å². The van der Waals surface area contributed by atoms with E-state index in [0.717, 1.165) is 53.1 Å². The van der Waals surface area contributed by atoms with E-state index >= 15 is 0 Å².